The minimum atomic E-state index is -3.57. The SMILES string of the molecule is CNS(=O)(=O)c1cc(C(=O)NCCc2ccc(OC)cc2)n(C)c1. The molecule has 1 aromatic heterocycles. The summed E-state index contributed by atoms with van der Waals surface area (Å²) in [5.41, 5.74) is 1.36. The van der Waals surface area contributed by atoms with E-state index in [2.05, 4.69) is 10.0 Å². The van der Waals surface area contributed by atoms with Gasteiger partial charge >= 0.3 is 0 Å². The largest absolute Gasteiger partial charge is 0.497 e. The van der Waals surface area contributed by atoms with Gasteiger partial charge in [0.25, 0.3) is 5.91 Å². The van der Waals surface area contributed by atoms with E-state index in [1.165, 1.54) is 23.9 Å². The van der Waals surface area contributed by atoms with Crippen LogP contribution in [-0.2, 0) is 23.5 Å². The summed E-state index contributed by atoms with van der Waals surface area (Å²) in [5, 5.41) is 2.79. The van der Waals surface area contributed by atoms with Crippen LogP contribution in [0, 0.1) is 0 Å². The van der Waals surface area contributed by atoms with Crippen molar-refractivity contribution in [3.63, 3.8) is 0 Å². The van der Waals surface area contributed by atoms with Crippen LogP contribution in [0.25, 0.3) is 0 Å². The van der Waals surface area contributed by atoms with Crippen LogP contribution >= 0.6 is 0 Å². The van der Waals surface area contributed by atoms with Crippen molar-refractivity contribution in [1.82, 2.24) is 14.6 Å². The van der Waals surface area contributed by atoms with E-state index in [9.17, 15) is 13.2 Å². The van der Waals surface area contributed by atoms with E-state index in [1.807, 2.05) is 24.3 Å². The Bertz CT molecular complexity index is 810. The number of carbonyl (C=O) groups is 1. The van der Waals surface area contributed by atoms with Gasteiger partial charge in [-0.2, -0.15) is 0 Å². The molecular weight excluding hydrogens is 330 g/mol. The molecule has 0 unspecified atom stereocenters. The fourth-order valence-corrected chi connectivity index (χ4v) is 3.03. The predicted molar refractivity (Wildman–Crippen MR) is 90.7 cm³/mol. The second kappa shape index (κ2) is 7.50. The normalized spacial score (nSPS) is 11.3. The van der Waals surface area contributed by atoms with Crippen LogP contribution in [0.15, 0.2) is 41.4 Å². The van der Waals surface area contributed by atoms with Gasteiger partial charge in [0.2, 0.25) is 10.0 Å². The second-order valence-corrected chi connectivity index (χ2v) is 7.12. The summed E-state index contributed by atoms with van der Waals surface area (Å²) in [4.78, 5) is 12.3. The molecule has 8 heteroatoms. The number of hydrogen-bond donors (Lipinski definition) is 2. The molecule has 7 nitrogen and oxygen atoms in total. The second-order valence-electron chi connectivity index (χ2n) is 5.23. The van der Waals surface area contributed by atoms with E-state index in [0.717, 1.165) is 11.3 Å². The molecule has 2 N–H and O–H groups in total. The number of carbonyl (C=O) groups excluding carboxylic acids is 1. The Morgan fingerprint density at radius 2 is 1.92 bits per heavy atom. The fraction of sp³-hybridized carbons (Fsp3) is 0.312. The highest BCUT2D eigenvalue weighted by Crippen LogP contribution is 2.13. The van der Waals surface area contributed by atoms with Crippen molar-refractivity contribution in [1.29, 1.82) is 0 Å². The van der Waals surface area contributed by atoms with Crippen molar-refractivity contribution in [2.75, 3.05) is 20.7 Å². The highest BCUT2D eigenvalue weighted by Gasteiger charge is 2.18. The Morgan fingerprint density at radius 1 is 1.25 bits per heavy atom. The summed E-state index contributed by atoms with van der Waals surface area (Å²) >= 11 is 0. The van der Waals surface area contributed by atoms with Gasteiger partial charge in [0.1, 0.15) is 16.3 Å². The maximum atomic E-state index is 12.2. The van der Waals surface area contributed by atoms with Crippen LogP contribution in [0.3, 0.4) is 0 Å². The van der Waals surface area contributed by atoms with Crippen LogP contribution in [0.4, 0.5) is 0 Å². The number of ether oxygens (including phenoxy) is 1. The van der Waals surface area contributed by atoms with E-state index in [-0.39, 0.29) is 10.8 Å². The van der Waals surface area contributed by atoms with Gasteiger partial charge in [0, 0.05) is 19.8 Å². The zero-order valence-corrected chi connectivity index (χ0v) is 14.7. The van der Waals surface area contributed by atoms with E-state index in [0.29, 0.717) is 18.7 Å². The van der Waals surface area contributed by atoms with Crippen molar-refractivity contribution in [3.8, 4) is 5.75 Å². The standard InChI is InChI=1S/C16H21N3O4S/c1-17-24(21,22)14-10-15(19(2)11-14)16(20)18-9-8-12-4-6-13(23-3)7-5-12/h4-7,10-11,17H,8-9H2,1-3H3,(H,18,20). The van der Waals surface area contributed by atoms with Crippen LogP contribution in [0.5, 0.6) is 5.75 Å². The van der Waals surface area contributed by atoms with Crippen molar-refractivity contribution in [2.24, 2.45) is 7.05 Å². The molecule has 0 saturated carbocycles. The van der Waals surface area contributed by atoms with Crippen molar-refractivity contribution >= 4 is 15.9 Å². The number of aromatic nitrogens is 1. The molecule has 130 valence electrons. The van der Waals surface area contributed by atoms with Crippen molar-refractivity contribution in [2.45, 2.75) is 11.3 Å². The number of hydrogen-bond acceptors (Lipinski definition) is 4. The summed E-state index contributed by atoms with van der Waals surface area (Å²) in [7, 11) is 1.00. The number of nitrogens with zero attached hydrogens (tertiary/aromatic N) is 1. The van der Waals surface area contributed by atoms with Gasteiger partial charge in [-0.25, -0.2) is 13.1 Å². The smallest absolute Gasteiger partial charge is 0.267 e. The third-order valence-corrected chi connectivity index (χ3v) is 5.03. The molecule has 0 aliphatic heterocycles. The number of rotatable bonds is 7. The number of sulfonamides is 1. The summed E-state index contributed by atoms with van der Waals surface area (Å²) in [6.45, 7) is 0.449. The first kappa shape index (κ1) is 18.0. The molecule has 0 saturated heterocycles. The van der Waals surface area contributed by atoms with Gasteiger partial charge in [-0.3, -0.25) is 4.79 Å². The minimum Gasteiger partial charge on any atom is -0.497 e. The molecule has 2 aromatic rings. The molecular formula is C16H21N3O4S. The van der Waals surface area contributed by atoms with Gasteiger partial charge in [0.05, 0.1) is 7.11 Å². The minimum absolute atomic E-state index is 0.0628. The Hall–Kier alpha value is -2.32. The van der Waals surface area contributed by atoms with Crippen LogP contribution in [0.1, 0.15) is 16.1 Å². The Balaban J connectivity index is 1.97. The zero-order chi connectivity index (χ0) is 17.7. The third-order valence-electron chi connectivity index (χ3n) is 3.65. The molecule has 1 heterocycles. The maximum Gasteiger partial charge on any atom is 0.267 e. The molecule has 1 aromatic carbocycles. The lowest BCUT2D eigenvalue weighted by Crippen LogP contribution is -2.27. The predicted octanol–water partition coefficient (Wildman–Crippen LogP) is 0.914. The summed E-state index contributed by atoms with van der Waals surface area (Å²) in [6, 6.07) is 8.96. The Morgan fingerprint density at radius 3 is 2.50 bits per heavy atom. The Labute approximate surface area is 141 Å². The lowest BCUT2D eigenvalue weighted by molar-refractivity contribution is 0.0946. The van der Waals surface area contributed by atoms with E-state index in [1.54, 1.807) is 14.2 Å². The number of methoxy groups -OCH3 is 1. The number of nitrogens with one attached hydrogen (secondary N) is 2. The highest BCUT2D eigenvalue weighted by molar-refractivity contribution is 7.89. The summed E-state index contributed by atoms with van der Waals surface area (Å²) in [6.07, 6.45) is 2.08. The van der Waals surface area contributed by atoms with Gasteiger partial charge < -0.3 is 14.6 Å². The first-order valence-electron chi connectivity index (χ1n) is 7.38. The van der Waals surface area contributed by atoms with Gasteiger partial charge in [-0.15, -0.1) is 0 Å². The van der Waals surface area contributed by atoms with Gasteiger partial charge in [-0.05, 0) is 37.2 Å². The first-order valence-corrected chi connectivity index (χ1v) is 8.86. The number of benzene rings is 1. The molecule has 0 atom stereocenters. The van der Waals surface area contributed by atoms with Crippen molar-refractivity contribution < 1.29 is 17.9 Å². The topological polar surface area (TPSA) is 89.4 Å². The molecule has 2 rings (SSSR count). The van der Waals surface area contributed by atoms with Crippen LogP contribution in [-0.4, -0.2) is 39.6 Å². The quantitative estimate of drug-likeness (QED) is 0.776. The zero-order valence-electron chi connectivity index (χ0n) is 13.9. The van der Waals surface area contributed by atoms with E-state index < -0.39 is 10.0 Å². The monoisotopic (exact) mass is 351 g/mol. The molecule has 0 bridgehead atoms. The summed E-state index contributed by atoms with van der Waals surface area (Å²) < 4.78 is 32.4. The number of aryl methyl sites for hydroxylation is 1. The highest BCUT2D eigenvalue weighted by atomic mass is 32.2. The van der Waals surface area contributed by atoms with E-state index in [4.69, 9.17) is 4.74 Å². The van der Waals surface area contributed by atoms with Gasteiger partial charge in [-0.1, -0.05) is 12.1 Å². The molecule has 24 heavy (non-hydrogen) atoms. The third kappa shape index (κ3) is 4.15. The molecule has 0 aliphatic carbocycles. The number of amides is 1. The average molecular weight is 351 g/mol. The molecule has 0 spiro atoms. The van der Waals surface area contributed by atoms with Crippen LogP contribution < -0.4 is 14.8 Å². The summed E-state index contributed by atoms with van der Waals surface area (Å²) in [5.74, 6) is 0.466. The van der Waals surface area contributed by atoms with Crippen molar-refractivity contribution in [3.05, 3.63) is 47.8 Å². The molecule has 1 amide bonds. The molecule has 0 aliphatic rings. The molecule has 0 radical (unpaired) electrons. The van der Waals surface area contributed by atoms with Gasteiger partial charge in [0.15, 0.2) is 0 Å². The maximum absolute atomic E-state index is 12.2. The Kier molecular flexibility index (Phi) is 5.63. The molecule has 0 fully saturated rings. The lowest BCUT2D eigenvalue weighted by atomic mass is 10.1. The van der Waals surface area contributed by atoms with Crippen LogP contribution in [0.2, 0.25) is 0 Å². The lowest BCUT2D eigenvalue weighted by Gasteiger charge is -2.07. The first-order chi connectivity index (χ1) is 11.4. The average Bonchev–Trinajstić information content (AvgIpc) is 2.98. The van der Waals surface area contributed by atoms with E-state index >= 15 is 0 Å². The fourth-order valence-electron chi connectivity index (χ4n) is 2.23.